The van der Waals surface area contributed by atoms with Crippen molar-refractivity contribution in [2.45, 2.75) is 0 Å². The van der Waals surface area contributed by atoms with Crippen LogP contribution in [0.2, 0.25) is 0 Å². The molecule has 0 fully saturated rings. The predicted molar refractivity (Wildman–Crippen MR) is 97.7 cm³/mol. The number of benzene rings is 2. The van der Waals surface area contributed by atoms with Crippen LogP contribution in [-0.2, 0) is 0 Å². The summed E-state index contributed by atoms with van der Waals surface area (Å²) in [6, 6.07) is 15.2. The van der Waals surface area contributed by atoms with E-state index in [2.05, 4.69) is 16.8 Å². The van der Waals surface area contributed by atoms with Gasteiger partial charge in [0, 0.05) is 11.8 Å². The average molecular weight is 343 g/mol. The summed E-state index contributed by atoms with van der Waals surface area (Å²) >= 11 is 0. The van der Waals surface area contributed by atoms with Gasteiger partial charge in [-0.3, -0.25) is 0 Å². The highest BCUT2D eigenvalue weighted by Gasteiger charge is 2.10. The van der Waals surface area contributed by atoms with Crippen molar-refractivity contribution in [2.75, 3.05) is 12.8 Å². The van der Waals surface area contributed by atoms with Gasteiger partial charge < -0.3 is 10.5 Å². The summed E-state index contributed by atoms with van der Waals surface area (Å²) in [7, 11) is 1.58. The van der Waals surface area contributed by atoms with E-state index >= 15 is 0 Å². The number of rotatable bonds is 2. The zero-order valence-corrected chi connectivity index (χ0v) is 14.0. The number of ether oxygens (including phenoxy) is 1. The van der Waals surface area contributed by atoms with E-state index in [1.165, 1.54) is 12.1 Å². The molecular weight excluding hydrogens is 329 g/mol. The van der Waals surface area contributed by atoms with Gasteiger partial charge in [-0.1, -0.05) is 30.0 Å². The second-order valence-corrected chi connectivity index (χ2v) is 5.38. The van der Waals surface area contributed by atoms with Crippen LogP contribution >= 0.6 is 0 Å². The summed E-state index contributed by atoms with van der Waals surface area (Å²) in [6.45, 7) is 0. The molecule has 0 amide bonds. The molecule has 0 aliphatic carbocycles. The number of hydrogen-bond donors (Lipinski definition) is 1. The standard InChI is InChI=1S/C21H14FN3O/c1-26-20-5-3-2-4-14(20)6-8-18-17(10-11-25-21(18)24)15-7-9-19(22)16(12-15)13-23/h2-5,7,9-12H,1H3,(H2,24,25). The fourth-order valence-corrected chi connectivity index (χ4v) is 2.51. The number of pyridine rings is 1. The zero-order valence-electron chi connectivity index (χ0n) is 14.0. The van der Waals surface area contributed by atoms with Gasteiger partial charge >= 0.3 is 0 Å². The molecule has 0 spiro atoms. The second kappa shape index (κ2) is 7.38. The first kappa shape index (κ1) is 17.0. The van der Waals surface area contributed by atoms with Gasteiger partial charge in [0.2, 0.25) is 0 Å². The van der Waals surface area contributed by atoms with Crippen LogP contribution in [0.15, 0.2) is 54.7 Å². The Balaban J connectivity index is 2.14. The number of anilines is 1. The average Bonchev–Trinajstić information content (AvgIpc) is 2.67. The second-order valence-electron chi connectivity index (χ2n) is 5.38. The van der Waals surface area contributed by atoms with Gasteiger partial charge in [0.05, 0.1) is 23.8 Å². The van der Waals surface area contributed by atoms with E-state index in [1.54, 1.807) is 25.4 Å². The van der Waals surface area contributed by atoms with E-state index in [-0.39, 0.29) is 11.4 Å². The molecule has 2 N–H and O–H groups in total. The maximum absolute atomic E-state index is 13.6. The molecule has 0 bridgehead atoms. The minimum absolute atomic E-state index is 0.0403. The molecule has 0 aliphatic heterocycles. The number of halogens is 1. The van der Waals surface area contributed by atoms with E-state index in [0.29, 0.717) is 28.0 Å². The van der Waals surface area contributed by atoms with Gasteiger partial charge in [0.1, 0.15) is 23.5 Å². The van der Waals surface area contributed by atoms with Crippen LogP contribution in [0.1, 0.15) is 16.7 Å². The monoisotopic (exact) mass is 343 g/mol. The Hall–Kier alpha value is -3.83. The molecular formula is C21H14FN3O. The van der Waals surface area contributed by atoms with E-state index in [9.17, 15) is 4.39 Å². The maximum atomic E-state index is 13.6. The lowest BCUT2D eigenvalue weighted by Gasteiger charge is -2.08. The quantitative estimate of drug-likeness (QED) is 0.719. The number of nitrogens with zero attached hydrogens (tertiary/aromatic N) is 2. The summed E-state index contributed by atoms with van der Waals surface area (Å²) in [4.78, 5) is 4.09. The van der Waals surface area contributed by atoms with Crippen molar-refractivity contribution >= 4 is 5.82 Å². The third-order valence-electron chi connectivity index (χ3n) is 3.81. The minimum Gasteiger partial charge on any atom is -0.495 e. The molecule has 0 saturated heterocycles. The van der Waals surface area contributed by atoms with Crippen LogP contribution in [0.5, 0.6) is 5.75 Å². The first-order valence-corrected chi connectivity index (χ1v) is 7.73. The predicted octanol–water partition coefficient (Wildman–Crippen LogP) is 3.75. The van der Waals surface area contributed by atoms with Gasteiger partial charge in [0.25, 0.3) is 0 Å². The van der Waals surface area contributed by atoms with Crippen LogP contribution in [0.4, 0.5) is 10.2 Å². The summed E-state index contributed by atoms with van der Waals surface area (Å²) < 4.78 is 18.9. The van der Waals surface area contributed by atoms with Gasteiger partial charge in [-0.2, -0.15) is 5.26 Å². The van der Waals surface area contributed by atoms with Crippen LogP contribution in [-0.4, -0.2) is 12.1 Å². The van der Waals surface area contributed by atoms with Gasteiger partial charge in [-0.05, 0) is 35.9 Å². The van der Waals surface area contributed by atoms with Crippen LogP contribution < -0.4 is 10.5 Å². The van der Waals surface area contributed by atoms with Crippen molar-refractivity contribution in [3.05, 3.63) is 77.2 Å². The highest BCUT2D eigenvalue weighted by Crippen LogP contribution is 2.27. The van der Waals surface area contributed by atoms with Crippen LogP contribution in [0.25, 0.3) is 11.1 Å². The molecule has 0 unspecified atom stereocenters. The minimum atomic E-state index is -0.570. The molecule has 126 valence electrons. The molecule has 0 aliphatic rings. The normalized spacial score (nSPS) is 9.73. The van der Waals surface area contributed by atoms with Gasteiger partial charge in [0.15, 0.2) is 0 Å². The smallest absolute Gasteiger partial charge is 0.140 e. The van der Waals surface area contributed by atoms with Crippen molar-refractivity contribution in [3.63, 3.8) is 0 Å². The number of aromatic nitrogens is 1. The number of methoxy groups -OCH3 is 1. The van der Waals surface area contributed by atoms with Crippen molar-refractivity contribution < 1.29 is 9.13 Å². The summed E-state index contributed by atoms with van der Waals surface area (Å²) in [6.07, 6.45) is 1.55. The number of nitriles is 1. The lowest BCUT2D eigenvalue weighted by atomic mass is 9.99. The van der Waals surface area contributed by atoms with Crippen molar-refractivity contribution in [1.29, 1.82) is 5.26 Å². The van der Waals surface area contributed by atoms with Crippen LogP contribution in [0, 0.1) is 29.0 Å². The van der Waals surface area contributed by atoms with E-state index in [1.807, 2.05) is 30.3 Å². The van der Waals surface area contributed by atoms with Gasteiger partial charge in [-0.25, -0.2) is 9.37 Å². The van der Waals surface area contributed by atoms with E-state index in [0.717, 1.165) is 0 Å². The zero-order chi connectivity index (χ0) is 18.5. The third-order valence-corrected chi connectivity index (χ3v) is 3.81. The topological polar surface area (TPSA) is 71.9 Å². The van der Waals surface area contributed by atoms with Crippen molar-refractivity contribution in [2.24, 2.45) is 0 Å². The number of nitrogen functional groups attached to an aromatic ring is 1. The van der Waals surface area contributed by atoms with Crippen molar-refractivity contribution in [3.8, 4) is 34.8 Å². The Morgan fingerprint density at radius 2 is 1.88 bits per heavy atom. The lowest BCUT2D eigenvalue weighted by molar-refractivity contribution is 0.413. The first-order valence-electron chi connectivity index (χ1n) is 7.73. The molecule has 0 radical (unpaired) electrons. The molecule has 3 aromatic rings. The van der Waals surface area contributed by atoms with E-state index < -0.39 is 5.82 Å². The fourth-order valence-electron chi connectivity index (χ4n) is 2.51. The molecule has 2 aromatic carbocycles. The summed E-state index contributed by atoms with van der Waals surface area (Å²) in [5, 5.41) is 9.05. The molecule has 26 heavy (non-hydrogen) atoms. The highest BCUT2D eigenvalue weighted by molar-refractivity contribution is 5.77. The molecule has 1 aromatic heterocycles. The molecule has 4 nitrogen and oxygen atoms in total. The first-order chi connectivity index (χ1) is 12.6. The molecule has 3 rings (SSSR count). The Morgan fingerprint density at radius 1 is 1.08 bits per heavy atom. The SMILES string of the molecule is COc1ccccc1C#Cc1c(-c2ccc(F)c(C#N)c2)ccnc1N. The fraction of sp³-hybridized carbons (Fsp3) is 0.0476. The van der Waals surface area contributed by atoms with Crippen molar-refractivity contribution in [1.82, 2.24) is 4.98 Å². The molecule has 1 heterocycles. The van der Waals surface area contributed by atoms with Gasteiger partial charge in [-0.15, -0.1) is 0 Å². The third kappa shape index (κ3) is 3.33. The number of para-hydroxylation sites is 1. The summed E-state index contributed by atoms with van der Waals surface area (Å²) in [5.74, 6) is 6.40. The van der Waals surface area contributed by atoms with E-state index in [4.69, 9.17) is 15.7 Å². The Morgan fingerprint density at radius 3 is 2.65 bits per heavy atom. The highest BCUT2D eigenvalue weighted by atomic mass is 19.1. The largest absolute Gasteiger partial charge is 0.495 e. The Labute approximate surface area is 150 Å². The number of hydrogen-bond acceptors (Lipinski definition) is 4. The Bertz CT molecular complexity index is 1070. The Kier molecular flexibility index (Phi) is 4.83. The number of nitrogens with two attached hydrogens (primary N) is 1. The van der Waals surface area contributed by atoms with Crippen LogP contribution in [0.3, 0.4) is 0 Å². The molecule has 5 heteroatoms. The summed E-state index contributed by atoms with van der Waals surface area (Å²) in [5.41, 5.74) is 8.50. The maximum Gasteiger partial charge on any atom is 0.140 e. The molecule has 0 atom stereocenters. The lowest BCUT2D eigenvalue weighted by Crippen LogP contribution is -1.97. The molecule has 0 saturated carbocycles.